The molecule has 0 bridgehead atoms. The molecule has 1 heterocycles. The molecule has 0 radical (unpaired) electrons. The van der Waals surface area contributed by atoms with Crippen LogP contribution in [0.4, 0.5) is 5.69 Å². The molecule has 0 spiro atoms. The largest absolute Gasteiger partial charge is 0.364 e. The van der Waals surface area contributed by atoms with E-state index < -0.39 is 22.0 Å². The minimum Gasteiger partial charge on any atom is -0.364 e. The Kier molecular flexibility index (Phi) is 5.33. The Labute approximate surface area is 184 Å². The highest BCUT2D eigenvalue weighted by atomic mass is 32.2. The number of nitrogens with zero attached hydrogens (tertiary/aromatic N) is 2. The molecule has 3 aromatic rings. The number of nitrogens with two attached hydrogens (primary N) is 3. The third kappa shape index (κ3) is 3.88. The third-order valence-electron chi connectivity index (χ3n) is 5.32. The number of hydrogen-bond acceptors (Lipinski definition) is 6. The van der Waals surface area contributed by atoms with Crippen LogP contribution < -0.4 is 21.9 Å². The van der Waals surface area contributed by atoms with E-state index in [1.165, 1.54) is 12.1 Å². The average Bonchev–Trinajstić information content (AvgIpc) is 3.13. The molecule has 32 heavy (non-hydrogen) atoms. The van der Waals surface area contributed by atoms with Crippen molar-refractivity contribution in [3.63, 3.8) is 0 Å². The van der Waals surface area contributed by atoms with Gasteiger partial charge in [-0.2, -0.15) is 5.10 Å². The number of primary sulfonamides is 1. The Morgan fingerprint density at radius 3 is 2.41 bits per heavy atom. The van der Waals surface area contributed by atoms with Crippen LogP contribution >= 0.6 is 0 Å². The molecule has 2 aromatic carbocycles. The molecule has 1 aliphatic carbocycles. The third-order valence-corrected chi connectivity index (χ3v) is 6.25. The maximum absolute atomic E-state index is 12.1. The molecule has 4 rings (SSSR count). The molecule has 166 valence electrons. The Hall–Kier alpha value is -3.54. The molecule has 0 saturated carbocycles. The van der Waals surface area contributed by atoms with Crippen LogP contribution in [0, 0.1) is 0 Å². The number of amides is 2. The summed E-state index contributed by atoms with van der Waals surface area (Å²) in [6, 6.07) is 10.7. The Morgan fingerprint density at radius 1 is 1.12 bits per heavy atom. The van der Waals surface area contributed by atoms with Crippen molar-refractivity contribution in [2.45, 2.75) is 30.7 Å². The fourth-order valence-corrected chi connectivity index (χ4v) is 4.25. The molecular weight excluding hydrogens is 432 g/mol. The van der Waals surface area contributed by atoms with Crippen molar-refractivity contribution in [2.24, 2.45) is 16.6 Å². The highest BCUT2D eigenvalue weighted by molar-refractivity contribution is 7.89. The molecule has 1 aliphatic rings. The van der Waals surface area contributed by atoms with Crippen LogP contribution in [-0.4, -0.2) is 36.1 Å². The zero-order valence-corrected chi connectivity index (χ0v) is 18.0. The van der Waals surface area contributed by atoms with Gasteiger partial charge in [-0.15, -0.1) is 0 Å². The summed E-state index contributed by atoms with van der Waals surface area (Å²) < 4.78 is 24.7. The summed E-state index contributed by atoms with van der Waals surface area (Å²) in [6.45, 7) is 1.59. The van der Waals surface area contributed by atoms with Crippen molar-refractivity contribution >= 4 is 27.5 Å². The highest BCUT2D eigenvalue weighted by Crippen LogP contribution is 2.38. The number of hydrogen-bond donors (Lipinski definition) is 4. The van der Waals surface area contributed by atoms with E-state index in [9.17, 15) is 18.0 Å². The molecule has 0 aliphatic heterocycles. The van der Waals surface area contributed by atoms with Gasteiger partial charge in [-0.05, 0) is 61.7 Å². The van der Waals surface area contributed by atoms with Crippen LogP contribution in [0.25, 0.3) is 16.9 Å². The second-order valence-electron chi connectivity index (χ2n) is 7.64. The monoisotopic (exact) mass is 454 g/mol. The number of carbonyl (C=O) groups excluding carboxylic acids is 2. The van der Waals surface area contributed by atoms with E-state index in [2.05, 4.69) is 10.4 Å². The molecule has 0 unspecified atom stereocenters. The number of benzene rings is 2. The van der Waals surface area contributed by atoms with Crippen molar-refractivity contribution in [1.29, 1.82) is 0 Å². The van der Waals surface area contributed by atoms with Gasteiger partial charge in [0.1, 0.15) is 0 Å². The lowest BCUT2D eigenvalue weighted by Gasteiger charge is -2.20. The van der Waals surface area contributed by atoms with Crippen LogP contribution in [-0.2, 0) is 27.7 Å². The number of primary amides is 1. The van der Waals surface area contributed by atoms with Crippen LogP contribution in [0.1, 0.15) is 28.5 Å². The van der Waals surface area contributed by atoms with Crippen molar-refractivity contribution in [1.82, 2.24) is 9.78 Å². The van der Waals surface area contributed by atoms with Gasteiger partial charge in [0.05, 0.1) is 22.3 Å². The fraction of sp³-hybridized carbons (Fsp3) is 0.190. The van der Waals surface area contributed by atoms with Gasteiger partial charge in [0.15, 0.2) is 5.69 Å². The number of fused-ring (bicyclic) bond motifs is 3. The fourth-order valence-electron chi connectivity index (χ4n) is 3.73. The number of carbonyl (C=O) groups is 2. The van der Waals surface area contributed by atoms with Gasteiger partial charge in [-0.25, -0.2) is 18.2 Å². The summed E-state index contributed by atoms with van der Waals surface area (Å²) in [7, 11) is -3.85. The lowest BCUT2D eigenvalue weighted by atomic mass is 9.88. The lowest BCUT2D eigenvalue weighted by Crippen LogP contribution is -2.32. The van der Waals surface area contributed by atoms with Crippen LogP contribution in [0.15, 0.2) is 47.4 Å². The van der Waals surface area contributed by atoms with Crippen molar-refractivity contribution < 1.29 is 18.0 Å². The SMILES string of the molecule is C[C@@H](N)C(=O)Nc1ccc2c(c1)-c1c(c(C(N)=O)nn1-c1ccc(S(N)(=O)=O)cc1)CC2. The van der Waals surface area contributed by atoms with Gasteiger partial charge in [0.2, 0.25) is 15.9 Å². The zero-order valence-electron chi connectivity index (χ0n) is 17.2. The average molecular weight is 455 g/mol. The van der Waals surface area contributed by atoms with Crippen molar-refractivity contribution in [3.05, 3.63) is 59.3 Å². The summed E-state index contributed by atoms with van der Waals surface area (Å²) in [4.78, 5) is 24.1. The Balaban J connectivity index is 1.88. The van der Waals surface area contributed by atoms with Crippen LogP contribution in [0.2, 0.25) is 0 Å². The van der Waals surface area contributed by atoms with Crippen LogP contribution in [0.5, 0.6) is 0 Å². The summed E-state index contributed by atoms with van der Waals surface area (Å²) in [5, 5.41) is 12.4. The molecule has 10 nitrogen and oxygen atoms in total. The molecule has 7 N–H and O–H groups in total. The molecule has 1 aromatic heterocycles. The molecule has 2 amide bonds. The highest BCUT2D eigenvalue weighted by Gasteiger charge is 2.28. The smallest absolute Gasteiger partial charge is 0.269 e. The van der Waals surface area contributed by atoms with Gasteiger partial charge >= 0.3 is 0 Å². The summed E-state index contributed by atoms with van der Waals surface area (Å²) in [5.74, 6) is -0.989. The number of rotatable bonds is 5. The van der Waals surface area contributed by atoms with Gasteiger partial charge in [-0.3, -0.25) is 9.59 Å². The van der Waals surface area contributed by atoms with E-state index in [0.717, 1.165) is 11.1 Å². The van der Waals surface area contributed by atoms with Gasteiger partial charge < -0.3 is 16.8 Å². The van der Waals surface area contributed by atoms with Gasteiger partial charge in [-0.1, -0.05) is 6.07 Å². The minimum absolute atomic E-state index is 0.0429. The second kappa shape index (κ2) is 7.86. The molecule has 0 saturated heterocycles. The first-order chi connectivity index (χ1) is 15.1. The second-order valence-corrected chi connectivity index (χ2v) is 9.20. The van der Waals surface area contributed by atoms with Gasteiger partial charge in [0.25, 0.3) is 5.91 Å². The predicted octanol–water partition coefficient (Wildman–Crippen LogP) is 0.670. The molecule has 0 fully saturated rings. The first-order valence-corrected chi connectivity index (χ1v) is 11.4. The maximum Gasteiger partial charge on any atom is 0.269 e. The van der Waals surface area contributed by atoms with Crippen LogP contribution in [0.3, 0.4) is 0 Å². The first kappa shape index (κ1) is 21.7. The zero-order chi connectivity index (χ0) is 23.2. The summed E-state index contributed by atoms with van der Waals surface area (Å²) >= 11 is 0. The van der Waals surface area contributed by atoms with E-state index in [1.54, 1.807) is 35.9 Å². The maximum atomic E-state index is 12.1. The van der Waals surface area contributed by atoms with Gasteiger partial charge in [0, 0.05) is 16.8 Å². The standard InChI is InChI=1S/C21H22N6O4S/c1-11(22)21(29)25-13-4-2-12-3-9-16-18(20(23)28)26-27(19(16)17(12)10-13)14-5-7-15(8-6-14)32(24,30)31/h2,4-8,10-11H,3,9,22H2,1H3,(H2,23,28)(H,25,29)(H2,24,30,31)/t11-/m1/s1. The molecule has 11 heteroatoms. The number of aryl methyl sites for hydroxylation is 1. The van der Waals surface area contributed by atoms with E-state index >= 15 is 0 Å². The lowest BCUT2D eigenvalue weighted by molar-refractivity contribution is -0.117. The van der Waals surface area contributed by atoms with E-state index in [1.807, 2.05) is 6.07 Å². The molecule has 1 atom stereocenters. The van der Waals surface area contributed by atoms with Crippen molar-refractivity contribution in [3.8, 4) is 16.9 Å². The number of anilines is 1. The first-order valence-electron chi connectivity index (χ1n) is 9.81. The normalized spacial score (nSPS) is 13.7. The predicted molar refractivity (Wildman–Crippen MR) is 119 cm³/mol. The Bertz CT molecular complexity index is 1340. The van der Waals surface area contributed by atoms with E-state index in [4.69, 9.17) is 16.6 Å². The Morgan fingerprint density at radius 2 is 1.81 bits per heavy atom. The summed E-state index contributed by atoms with van der Waals surface area (Å²) in [5.41, 5.74) is 15.6. The number of sulfonamides is 1. The van der Waals surface area contributed by atoms with E-state index in [0.29, 0.717) is 35.5 Å². The van der Waals surface area contributed by atoms with E-state index in [-0.39, 0.29) is 16.5 Å². The number of aromatic nitrogens is 2. The number of nitrogens with one attached hydrogen (secondary N) is 1. The quantitative estimate of drug-likeness (QED) is 0.440. The summed E-state index contributed by atoms with van der Waals surface area (Å²) in [6.07, 6.45) is 1.22. The minimum atomic E-state index is -3.85. The van der Waals surface area contributed by atoms with Crippen molar-refractivity contribution in [2.75, 3.05) is 5.32 Å². The topological polar surface area (TPSA) is 176 Å². The molecular formula is C21H22N6O4S.